The minimum atomic E-state index is 0.386. The summed E-state index contributed by atoms with van der Waals surface area (Å²) in [6, 6.07) is 9.14. The van der Waals surface area contributed by atoms with Crippen molar-refractivity contribution in [1.82, 2.24) is 5.32 Å². The Morgan fingerprint density at radius 1 is 1.22 bits per heavy atom. The second-order valence-electron chi connectivity index (χ2n) is 5.01. The van der Waals surface area contributed by atoms with Gasteiger partial charge >= 0.3 is 0 Å². The van der Waals surface area contributed by atoms with E-state index in [-0.39, 0.29) is 0 Å². The van der Waals surface area contributed by atoms with E-state index >= 15 is 0 Å². The molecule has 102 valence electrons. The third-order valence-corrected chi connectivity index (χ3v) is 3.43. The molecule has 0 aliphatic heterocycles. The van der Waals surface area contributed by atoms with Crippen LogP contribution in [0.3, 0.4) is 0 Å². The molecule has 0 spiro atoms. The molecule has 2 atom stereocenters. The highest BCUT2D eigenvalue weighted by atomic mass is 16.5. The number of nitrogens with zero attached hydrogens (tertiary/aromatic N) is 1. The van der Waals surface area contributed by atoms with E-state index in [0.29, 0.717) is 12.0 Å². The maximum atomic E-state index is 5.16. The number of nitrogens with one attached hydrogen (secondary N) is 1. The fraction of sp³-hybridized carbons (Fsp3) is 0.600. The van der Waals surface area contributed by atoms with Crippen LogP contribution >= 0.6 is 0 Å². The Hall–Kier alpha value is -1.06. The Bertz CT molecular complexity index is 335. The molecular weight excluding hydrogens is 224 g/mol. The maximum Gasteiger partial charge on any atom is 0.0465 e. The van der Waals surface area contributed by atoms with Crippen molar-refractivity contribution in [3.8, 4) is 0 Å². The van der Waals surface area contributed by atoms with Gasteiger partial charge in [0.15, 0.2) is 0 Å². The summed E-state index contributed by atoms with van der Waals surface area (Å²) >= 11 is 0. The van der Waals surface area contributed by atoms with Crippen LogP contribution in [0.1, 0.15) is 24.9 Å². The topological polar surface area (TPSA) is 24.5 Å². The summed E-state index contributed by atoms with van der Waals surface area (Å²) in [5, 5.41) is 3.41. The average Bonchev–Trinajstić information content (AvgIpc) is 2.37. The molecule has 0 aliphatic carbocycles. The van der Waals surface area contributed by atoms with Gasteiger partial charge in [0.05, 0.1) is 0 Å². The molecule has 0 radical (unpaired) electrons. The van der Waals surface area contributed by atoms with Gasteiger partial charge in [0.1, 0.15) is 0 Å². The Morgan fingerprint density at radius 3 is 2.28 bits per heavy atom. The monoisotopic (exact) mass is 250 g/mol. The summed E-state index contributed by atoms with van der Waals surface area (Å²) < 4.78 is 5.16. The maximum absolute atomic E-state index is 5.16. The van der Waals surface area contributed by atoms with Crippen molar-refractivity contribution in [2.24, 2.45) is 5.92 Å². The number of methoxy groups -OCH3 is 1. The number of benzene rings is 1. The van der Waals surface area contributed by atoms with Crippen molar-refractivity contribution in [2.45, 2.75) is 19.4 Å². The van der Waals surface area contributed by atoms with Gasteiger partial charge in [0.25, 0.3) is 0 Å². The van der Waals surface area contributed by atoms with E-state index in [1.54, 1.807) is 7.11 Å². The Morgan fingerprint density at radius 2 is 1.83 bits per heavy atom. The lowest BCUT2D eigenvalue weighted by molar-refractivity contribution is 0.171. The first kappa shape index (κ1) is 15.0. The molecule has 3 heteroatoms. The van der Waals surface area contributed by atoms with E-state index < -0.39 is 0 Å². The van der Waals surface area contributed by atoms with Crippen molar-refractivity contribution in [1.29, 1.82) is 0 Å². The summed E-state index contributed by atoms with van der Waals surface area (Å²) in [7, 11) is 7.90. The van der Waals surface area contributed by atoms with Gasteiger partial charge in [-0.3, -0.25) is 0 Å². The molecule has 0 bridgehead atoms. The van der Waals surface area contributed by atoms with Crippen molar-refractivity contribution >= 4 is 5.69 Å². The number of hydrogen-bond acceptors (Lipinski definition) is 3. The standard InChI is InChI=1S/C15H26N2O/c1-12(10-11-18-5)15(16-2)13-6-8-14(9-7-13)17(3)4/h6-9,12,15-16H,10-11H2,1-5H3. The van der Waals surface area contributed by atoms with Crippen LogP contribution in [-0.4, -0.2) is 34.9 Å². The van der Waals surface area contributed by atoms with Crippen LogP contribution in [0.5, 0.6) is 0 Å². The van der Waals surface area contributed by atoms with Gasteiger partial charge in [-0.05, 0) is 37.1 Å². The smallest absolute Gasteiger partial charge is 0.0465 e. The SMILES string of the molecule is CNC(c1ccc(N(C)C)cc1)C(C)CCOC. The zero-order valence-electron chi connectivity index (χ0n) is 12.2. The van der Waals surface area contributed by atoms with E-state index in [0.717, 1.165) is 13.0 Å². The van der Waals surface area contributed by atoms with Crippen molar-refractivity contribution in [3.63, 3.8) is 0 Å². The summed E-state index contributed by atoms with van der Waals surface area (Å²) in [6.45, 7) is 3.08. The lowest BCUT2D eigenvalue weighted by atomic mass is 9.92. The Kier molecular flexibility index (Phi) is 6.16. The van der Waals surface area contributed by atoms with Crippen molar-refractivity contribution in [2.75, 3.05) is 39.8 Å². The molecule has 0 amide bonds. The molecule has 0 fully saturated rings. The van der Waals surface area contributed by atoms with Gasteiger partial charge in [-0.15, -0.1) is 0 Å². The highest BCUT2D eigenvalue weighted by molar-refractivity contribution is 5.46. The molecule has 1 aromatic carbocycles. The van der Waals surface area contributed by atoms with Crippen LogP contribution in [0, 0.1) is 5.92 Å². The average molecular weight is 250 g/mol. The third-order valence-electron chi connectivity index (χ3n) is 3.43. The highest BCUT2D eigenvalue weighted by Crippen LogP contribution is 2.25. The lowest BCUT2D eigenvalue weighted by Gasteiger charge is -2.24. The summed E-state index contributed by atoms with van der Waals surface area (Å²) in [5.41, 5.74) is 2.57. The highest BCUT2D eigenvalue weighted by Gasteiger charge is 2.17. The molecule has 1 N–H and O–H groups in total. The molecule has 0 aromatic heterocycles. The number of rotatable bonds is 7. The first-order chi connectivity index (χ1) is 8.60. The van der Waals surface area contributed by atoms with Gasteiger partial charge in [-0.2, -0.15) is 0 Å². The number of hydrogen-bond donors (Lipinski definition) is 1. The van der Waals surface area contributed by atoms with Crippen LogP contribution in [-0.2, 0) is 4.74 Å². The molecule has 2 unspecified atom stereocenters. The molecule has 1 rings (SSSR count). The predicted octanol–water partition coefficient (Wildman–Crippen LogP) is 2.69. The van der Waals surface area contributed by atoms with Gasteiger partial charge in [-0.25, -0.2) is 0 Å². The normalized spacial score (nSPS) is 14.3. The molecule has 0 saturated carbocycles. The van der Waals surface area contributed by atoms with Gasteiger partial charge < -0.3 is 15.0 Å². The van der Waals surface area contributed by atoms with Crippen molar-refractivity contribution in [3.05, 3.63) is 29.8 Å². The van der Waals surface area contributed by atoms with E-state index in [9.17, 15) is 0 Å². The zero-order chi connectivity index (χ0) is 13.5. The van der Waals surface area contributed by atoms with E-state index in [2.05, 4.69) is 55.5 Å². The fourth-order valence-electron chi connectivity index (χ4n) is 2.23. The minimum Gasteiger partial charge on any atom is -0.385 e. The minimum absolute atomic E-state index is 0.386. The molecule has 0 heterocycles. The lowest BCUT2D eigenvalue weighted by Crippen LogP contribution is -2.24. The summed E-state index contributed by atoms with van der Waals surface area (Å²) in [6.07, 6.45) is 1.07. The van der Waals surface area contributed by atoms with Gasteiger partial charge in [0, 0.05) is 39.5 Å². The van der Waals surface area contributed by atoms with Gasteiger partial charge in [-0.1, -0.05) is 19.1 Å². The number of ether oxygens (including phenoxy) is 1. The van der Waals surface area contributed by atoms with Crippen LogP contribution in [0.2, 0.25) is 0 Å². The van der Waals surface area contributed by atoms with Crippen LogP contribution in [0.25, 0.3) is 0 Å². The largest absolute Gasteiger partial charge is 0.385 e. The Balaban J connectivity index is 2.75. The number of anilines is 1. The van der Waals surface area contributed by atoms with Crippen LogP contribution in [0.4, 0.5) is 5.69 Å². The predicted molar refractivity (Wildman–Crippen MR) is 78.2 cm³/mol. The summed E-state index contributed by atoms with van der Waals surface area (Å²) in [4.78, 5) is 2.12. The van der Waals surface area contributed by atoms with Crippen LogP contribution < -0.4 is 10.2 Å². The third kappa shape index (κ3) is 4.00. The molecule has 0 aliphatic rings. The van der Waals surface area contributed by atoms with E-state index in [4.69, 9.17) is 4.74 Å². The molecule has 1 aromatic rings. The molecule has 18 heavy (non-hydrogen) atoms. The fourth-order valence-corrected chi connectivity index (χ4v) is 2.23. The molecule has 0 saturated heterocycles. The van der Waals surface area contributed by atoms with Crippen LogP contribution in [0.15, 0.2) is 24.3 Å². The molecule has 3 nitrogen and oxygen atoms in total. The first-order valence-electron chi connectivity index (χ1n) is 6.53. The second kappa shape index (κ2) is 7.39. The zero-order valence-corrected chi connectivity index (χ0v) is 12.2. The van der Waals surface area contributed by atoms with Crippen molar-refractivity contribution < 1.29 is 4.74 Å². The van der Waals surface area contributed by atoms with E-state index in [1.165, 1.54) is 11.3 Å². The second-order valence-corrected chi connectivity index (χ2v) is 5.01. The van der Waals surface area contributed by atoms with E-state index in [1.807, 2.05) is 7.05 Å². The first-order valence-corrected chi connectivity index (χ1v) is 6.53. The summed E-state index contributed by atoms with van der Waals surface area (Å²) in [5.74, 6) is 0.556. The molecular formula is C15H26N2O. The quantitative estimate of drug-likeness (QED) is 0.805. The van der Waals surface area contributed by atoms with Gasteiger partial charge in [0.2, 0.25) is 0 Å². The Labute approximate surface area is 111 Å².